The first-order valence-electron chi connectivity index (χ1n) is 11.0. The number of hydrogen-bond acceptors (Lipinski definition) is 4. The summed E-state index contributed by atoms with van der Waals surface area (Å²) in [5.74, 6) is -1.49. The highest BCUT2D eigenvalue weighted by Gasteiger charge is 2.47. The van der Waals surface area contributed by atoms with Gasteiger partial charge in [0.25, 0.3) is 0 Å². The maximum absolute atomic E-state index is 13.0. The fourth-order valence-corrected chi connectivity index (χ4v) is 4.85. The summed E-state index contributed by atoms with van der Waals surface area (Å²) in [7, 11) is 0. The van der Waals surface area contributed by atoms with Crippen molar-refractivity contribution in [2.24, 2.45) is 0 Å². The van der Waals surface area contributed by atoms with Gasteiger partial charge in [-0.15, -0.1) is 0 Å². The fraction of sp³-hybridized carbons (Fsp3) is 0.400. The predicted octanol–water partition coefficient (Wildman–Crippen LogP) is 3.77. The molecule has 0 saturated carbocycles. The van der Waals surface area contributed by atoms with Crippen LogP contribution < -0.4 is 5.32 Å². The molecular formula is C25H28N2O5. The molecule has 2 aromatic carbocycles. The lowest BCUT2D eigenvalue weighted by Gasteiger charge is -2.33. The summed E-state index contributed by atoms with van der Waals surface area (Å²) in [6.07, 6.45) is 0.684. The van der Waals surface area contributed by atoms with Gasteiger partial charge in [0.2, 0.25) is 5.91 Å². The molecule has 1 aliphatic heterocycles. The summed E-state index contributed by atoms with van der Waals surface area (Å²) in [4.78, 5) is 38.7. The molecule has 0 spiro atoms. The molecule has 2 N–H and O–H groups in total. The van der Waals surface area contributed by atoms with Gasteiger partial charge < -0.3 is 20.1 Å². The van der Waals surface area contributed by atoms with E-state index in [1.54, 1.807) is 13.8 Å². The molecule has 2 atom stereocenters. The average Bonchev–Trinajstić information content (AvgIpc) is 3.35. The Bertz CT molecular complexity index is 1010. The number of ether oxygens (including phenoxy) is 1. The van der Waals surface area contributed by atoms with E-state index in [0.29, 0.717) is 25.8 Å². The van der Waals surface area contributed by atoms with Gasteiger partial charge in [-0.05, 0) is 48.4 Å². The van der Waals surface area contributed by atoms with Crippen molar-refractivity contribution in [2.45, 2.75) is 50.6 Å². The van der Waals surface area contributed by atoms with Crippen LogP contribution in [-0.4, -0.2) is 52.7 Å². The normalized spacial score (nSPS) is 20.4. The lowest BCUT2D eigenvalue weighted by molar-refractivity contribution is -0.156. The highest BCUT2D eigenvalue weighted by atomic mass is 16.5. The van der Waals surface area contributed by atoms with E-state index in [4.69, 9.17) is 4.74 Å². The Kier molecular flexibility index (Phi) is 5.91. The molecule has 0 radical (unpaired) electrons. The number of carbonyl (C=O) groups is 3. The molecule has 1 saturated heterocycles. The zero-order valence-electron chi connectivity index (χ0n) is 18.3. The van der Waals surface area contributed by atoms with E-state index in [0.717, 1.165) is 22.3 Å². The molecular weight excluding hydrogens is 408 g/mol. The van der Waals surface area contributed by atoms with Crippen molar-refractivity contribution >= 4 is 18.0 Å². The van der Waals surface area contributed by atoms with Crippen LogP contribution >= 0.6 is 0 Å². The molecule has 1 heterocycles. The van der Waals surface area contributed by atoms with Gasteiger partial charge in [-0.1, -0.05) is 55.5 Å². The van der Waals surface area contributed by atoms with Crippen LogP contribution in [0.4, 0.5) is 4.79 Å². The highest BCUT2D eigenvalue weighted by molar-refractivity contribution is 5.91. The summed E-state index contributed by atoms with van der Waals surface area (Å²) in [5.41, 5.74) is 3.26. The Labute approximate surface area is 187 Å². The SMILES string of the molecule is CC[C@H](NC(=O)OCC1c2ccccc2-c2ccccc21)C(=O)N1CCCC1(C)C(=O)O. The Morgan fingerprint density at radius 1 is 1.12 bits per heavy atom. The Morgan fingerprint density at radius 3 is 2.28 bits per heavy atom. The molecule has 4 rings (SSSR count). The van der Waals surface area contributed by atoms with Crippen molar-refractivity contribution in [3.8, 4) is 11.1 Å². The maximum atomic E-state index is 13.0. The lowest BCUT2D eigenvalue weighted by Crippen LogP contribution is -2.57. The number of carbonyl (C=O) groups excluding carboxylic acids is 2. The number of hydrogen-bond donors (Lipinski definition) is 2. The van der Waals surface area contributed by atoms with Crippen LogP contribution in [0.2, 0.25) is 0 Å². The number of rotatable bonds is 6. The Balaban J connectivity index is 1.43. The van der Waals surface area contributed by atoms with Crippen molar-refractivity contribution in [1.29, 1.82) is 0 Å². The van der Waals surface area contributed by atoms with E-state index >= 15 is 0 Å². The first kappa shape index (κ1) is 21.9. The van der Waals surface area contributed by atoms with Gasteiger partial charge in [0.05, 0.1) is 0 Å². The largest absolute Gasteiger partial charge is 0.480 e. The number of nitrogens with zero attached hydrogens (tertiary/aromatic N) is 1. The minimum Gasteiger partial charge on any atom is -0.480 e. The van der Waals surface area contributed by atoms with Crippen molar-refractivity contribution in [1.82, 2.24) is 10.2 Å². The minimum atomic E-state index is -1.24. The summed E-state index contributed by atoms with van der Waals surface area (Å²) < 4.78 is 5.55. The van der Waals surface area contributed by atoms with Gasteiger partial charge in [-0.25, -0.2) is 9.59 Å². The quantitative estimate of drug-likeness (QED) is 0.719. The molecule has 1 unspecified atom stereocenters. The molecule has 7 heteroatoms. The van der Waals surface area contributed by atoms with Gasteiger partial charge in [0, 0.05) is 12.5 Å². The standard InChI is InChI=1S/C25H28N2O5/c1-3-21(22(28)27-14-8-13-25(27,2)23(29)30)26-24(31)32-15-20-18-11-6-4-9-16(18)17-10-5-7-12-19(17)20/h4-7,9-12,20-21H,3,8,13-15H2,1-2H3,(H,26,31)(H,29,30)/t21-,25?/m0/s1. The number of alkyl carbamates (subject to hydrolysis) is 1. The third kappa shape index (κ3) is 3.72. The smallest absolute Gasteiger partial charge is 0.407 e. The summed E-state index contributed by atoms with van der Waals surface area (Å²) in [6.45, 7) is 3.85. The lowest BCUT2D eigenvalue weighted by atomic mass is 9.98. The third-order valence-electron chi connectivity index (χ3n) is 6.71. The second-order valence-electron chi connectivity index (χ2n) is 8.60. The van der Waals surface area contributed by atoms with Crippen molar-refractivity contribution < 1.29 is 24.2 Å². The van der Waals surface area contributed by atoms with Gasteiger partial charge in [-0.3, -0.25) is 4.79 Å². The molecule has 2 aliphatic rings. The number of amides is 2. The van der Waals surface area contributed by atoms with Crippen LogP contribution in [0.5, 0.6) is 0 Å². The van der Waals surface area contributed by atoms with Gasteiger partial charge >= 0.3 is 12.1 Å². The molecule has 0 aromatic heterocycles. The van der Waals surface area contributed by atoms with Crippen molar-refractivity contribution in [2.75, 3.05) is 13.2 Å². The number of likely N-dealkylation sites (tertiary alicyclic amines) is 1. The molecule has 32 heavy (non-hydrogen) atoms. The van der Waals surface area contributed by atoms with Crippen molar-refractivity contribution in [3.63, 3.8) is 0 Å². The van der Waals surface area contributed by atoms with Crippen LogP contribution in [0.25, 0.3) is 11.1 Å². The number of aliphatic carboxylic acids is 1. The van der Waals surface area contributed by atoms with Gasteiger partial charge in [0.15, 0.2) is 0 Å². The third-order valence-corrected chi connectivity index (χ3v) is 6.71. The Morgan fingerprint density at radius 2 is 1.72 bits per heavy atom. The number of carboxylic acids is 1. The molecule has 168 valence electrons. The molecule has 2 amide bonds. The summed E-state index contributed by atoms with van der Waals surface area (Å²) >= 11 is 0. The van der Waals surface area contributed by atoms with E-state index in [9.17, 15) is 19.5 Å². The topological polar surface area (TPSA) is 95.9 Å². The van der Waals surface area contributed by atoms with E-state index in [1.807, 2.05) is 36.4 Å². The zero-order valence-corrected chi connectivity index (χ0v) is 18.3. The number of fused-ring (bicyclic) bond motifs is 3. The van der Waals surface area contributed by atoms with E-state index in [-0.39, 0.29) is 18.4 Å². The van der Waals surface area contributed by atoms with Gasteiger partial charge in [0.1, 0.15) is 18.2 Å². The zero-order chi connectivity index (χ0) is 22.9. The number of nitrogens with one attached hydrogen (secondary N) is 1. The van der Waals surface area contributed by atoms with E-state index < -0.39 is 23.6 Å². The second-order valence-corrected chi connectivity index (χ2v) is 8.60. The molecule has 7 nitrogen and oxygen atoms in total. The minimum absolute atomic E-state index is 0.0715. The maximum Gasteiger partial charge on any atom is 0.407 e. The van der Waals surface area contributed by atoms with Crippen LogP contribution in [0.15, 0.2) is 48.5 Å². The first-order valence-corrected chi connectivity index (χ1v) is 11.0. The fourth-order valence-electron chi connectivity index (χ4n) is 4.85. The number of benzene rings is 2. The molecule has 0 bridgehead atoms. The van der Waals surface area contributed by atoms with Crippen LogP contribution in [0.3, 0.4) is 0 Å². The molecule has 1 fully saturated rings. The highest BCUT2D eigenvalue weighted by Crippen LogP contribution is 2.44. The Hall–Kier alpha value is -3.35. The average molecular weight is 437 g/mol. The monoisotopic (exact) mass is 436 g/mol. The summed E-state index contributed by atoms with van der Waals surface area (Å²) in [5, 5.41) is 12.2. The first-order chi connectivity index (χ1) is 15.4. The predicted molar refractivity (Wildman–Crippen MR) is 119 cm³/mol. The van der Waals surface area contributed by atoms with Crippen LogP contribution in [0, 0.1) is 0 Å². The number of carboxylic acid groups (broad SMARTS) is 1. The van der Waals surface area contributed by atoms with E-state index in [2.05, 4.69) is 17.4 Å². The van der Waals surface area contributed by atoms with Crippen LogP contribution in [0.1, 0.15) is 50.2 Å². The molecule has 1 aliphatic carbocycles. The van der Waals surface area contributed by atoms with E-state index in [1.165, 1.54) is 4.90 Å². The van der Waals surface area contributed by atoms with Crippen LogP contribution in [-0.2, 0) is 14.3 Å². The molecule has 2 aromatic rings. The van der Waals surface area contributed by atoms with Gasteiger partial charge in [-0.2, -0.15) is 0 Å². The van der Waals surface area contributed by atoms with Crippen molar-refractivity contribution in [3.05, 3.63) is 59.7 Å². The second kappa shape index (κ2) is 8.65. The summed E-state index contributed by atoms with van der Waals surface area (Å²) in [6, 6.07) is 15.3.